The number of benzene rings is 1. The lowest BCUT2D eigenvalue weighted by Crippen LogP contribution is -2.07. The maximum Gasteiger partial charge on any atom is 0.416 e. The van der Waals surface area contributed by atoms with Crippen LogP contribution in [0.1, 0.15) is 22.8 Å². The van der Waals surface area contributed by atoms with Crippen molar-refractivity contribution in [2.24, 2.45) is 0 Å². The molecule has 1 aromatic carbocycles. The molecule has 1 N–H and O–H groups in total. The Bertz CT molecular complexity index is 402. The van der Waals surface area contributed by atoms with E-state index in [9.17, 15) is 18.0 Å². The van der Waals surface area contributed by atoms with Crippen LogP contribution >= 0.6 is 11.8 Å². The summed E-state index contributed by atoms with van der Waals surface area (Å²) in [7, 11) is 0. The number of carboxylic acid groups (broad SMARTS) is 1. The Labute approximate surface area is 94.5 Å². The molecule has 6 heteroatoms. The van der Waals surface area contributed by atoms with Crippen LogP contribution in [0.4, 0.5) is 13.2 Å². The lowest BCUT2D eigenvalue weighted by Gasteiger charge is -2.10. The first-order valence-electron chi connectivity index (χ1n) is 4.43. The summed E-state index contributed by atoms with van der Waals surface area (Å²) in [5.41, 5.74) is -0.923. The van der Waals surface area contributed by atoms with Crippen LogP contribution in [0.15, 0.2) is 23.1 Å². The Morgan fingerprint density at radius 2 is 2.06 bits per heavy atom. The second kappa shape index (κ2) is 4.78. The fraction of sp³-hybridized carbons (Fsp3) is 0.300. The normalized spacial score (nSPS) is 11.5. The third-order valence-electron chi connectivity index (χ3n) is 1.84. The second-order valence-corrected chi connectivity index (χ2v) is 4.25. The molecule has 0 heterocycles. The van der Waals surface area contributed by atoms with Gasteiger partial charge >= 0.3 is 12.1 Å². The SMILES string of the molecule is CCSc1cc(C(F)(F)F)ccc1C(=O)O. The molecule has 1 aromatic rings. The Morgan fingerprint density at radius 3 is 2.50 bits per heavy atom. The van der Waals surface area contributed by atoms with Crippen LogP contribution in [0.2, 0.25) is 0 Å². The highest BCUT2D eigenvalue weighted by Crippen LogP contribution is 2.33. The second-order valence-electron chi connectivity index (χ2n) is 2.95. The predicted molar refractivity (Wildman–Crippen MR) is 54.8 cm³/mol. The zero-order valence-electron chi connectivity index (χ0n) is 8.34. The van der Waals surface area contributed by atoms with Gasteiger partial charge in [-0.25, -0.2) is 4.79 Å². The minimum Gasteiger partial charge on any atom is -0.478 e. The number of carboxylic acids is 1. The summed E-state index contributed by atoms with van der Waals surface area (Å²) < 4.78 is 37.2. The van der Waals surface area contributed by atoms with Crippen LogP contribution in [0.25, 0.3) is 0 Å². The Hall–Kier alpha value is -1.17. The highest BCUT2D eigenvalue weighted by Gasteiger charge is 2.31. The number of carbonyl (C=O) groups is 1. The smallest absolute Gasteiger partial charge is 0.416 e. The van der Waals surface area contributed by atoms with E-state index in [0.717, 1.165) is 30.0 Å². The molecular formula is C10H9F3O2S. The molecule has 0 saturated carbocycles. The van der Waals surface area contributed by atoms with E-state index in [2.05, 4.69) is 0 Å². The number of aromatic carboxylic acids is 1. The lowest BCUT2D eigenvalue weighted by molar-refractivity contribution is -0.137. The third-order valence-corrected chi connectivity index (χ3v) is 2.78. The van der Waals surface area contributed by atoms with Crippen LogP contribution in [0.3, 0.4) is 0 Å². The molecule has 0 aromatic heterocycles. The van der Waals surface area contributed by atoms with Crippen LogP contribution in [-0.4, -0.2) is 16.8 Å². The quantitative estimate of drug-likeness (QED) is 0.834. The predicted octanol–water partition coefficient (Wildman–Crippen LogP) is 3.52. The first-order chi connectivity index (χ1) is 7.36. The maximum atomic E-state index is 12.4. The Morgan fingerprint density at radius 1 is 1.44 bits per heavy atom. The van der Waals surface area contributed by atoms with Crippen molar-refractivity contribution in [2.45, 2.75) is 18.0 Å². The van der Waals surface area contributed by atoms with E-state index >= 15 is 0 Å². The van der Waals surface area contributed by atoms with E-state index in [4.69, 9.17) is 5.11 Å². The van der Waals surface area contributed by atoms with E-state index in [1.165, 1.54) is 0 Å². The Kier molecular flexibility index (Phi) is 3.85. The minimum atomic E-state index is -4.44. The van der Waals surface area contributed by atoms with Gasteiger partial charge in [0.05, 0.1) is 11.1 Å². The van der Waals surface area contributed by atoms with Crippen molar-refractivity contribution in [3.8, 4) is 0 Å². The Balaban J connectivity index is 3.22. The average Bonchev–Trinajstić information content (AvgIpc) is 2.16. The number of hydrogen-bond donors (Lipinski definition) is 1. The molecule has 0 radical (unpaired) electrons. The number of hydrogen-bond acceptors (Lipinski definition) is 2. The lowest BCUT2D eigenvalue weighted by atomic mass is 10.1. The summed E-state index contributed by atoms with van der Waals surface area (Å²) in [5, 5.41) is 8.79. The molecule has 0 aliphatic heterocycles. The maximum absolute atomic E-state index is 12.4. The molecule has 0 atom stereocenters. The van der Waals surface area contributed by atoms with Gasteiger partial charge in [-0.2, -0.15) is 13.2 Å². The fourth-order valence-electron chi connectivity index (χ4n) is 1.15. The van der Waals surface area contributed by atoms with Gasteiger partial charge < -0.3 is 5.11 Å². The zero-order valence-corrected chi connectivity index (χ0v) is 9.15. The molecule has 16 heavy (non-hydrogen) atoms. The summed E-state index contributed by atoms with van der Waals surface area (Å²) in [6.45, 7) is 1.75. The summed E-state index contributed by atoms with van der Waals surface area (Å²) in [6, 6.07) is 2.64. The van der Waals surface area contributed by atoms with Gasteiger partial charge in [-0.15, -0.1) is 11.8 Å². The van der Waals surface area contributed by atoms with Crippen molar-refractivity contribution in [1.29, 1.82) is 0 Å². The molecular weight excluding hydrogens is 241 g/mol. The summed E-state index contributed by atoms with van der Waals surface area (Å²) in [6.07, 6.45) is -4.44. The van der Waals surface area contributed by atoms with E-state index in [0.29, 0.717) is 5.75 Å². The standard InChI is InChI=1S/C10H9F3O2S/c1-2-16-8-5-6(10(11,12)13)3-4-7(8)9(14)15/h3-5H,2H2,1H3,(H,14,15). The topological polar surface area (TPSA) is 37.3 Å². The summed E-state index contributed by atoms with van der Waals surface area (Å²) in [4.78, 5) is 10.9. The first kappa shape index (κ1) is 12.9. The average molecular weight is 250 g/mol. The molecule has 0 unspecified atom stereocenters. The number of rotatable bonds is 3. The third kappa shape index (κ3) is 2.91. The number of thioether (sulfide) groups is 1. The van der Waals surface area contributed by atoms with Crippen molar-refractivity contribution in [2.75, 3.05) is 5.75 Å². The molecule has 0 aliphatic rings. The van der Waals surface area contributed by atoms with Crippen LogP contribution < -0.4 is 0 Å². The molecule has 0 fully saturated rings. The molecule has 2 nitrogen and oxygen atoms in total. The van der Waals surface area contributed by atoms with Gasteiger partial charge in [0, 0.05) is 4.90 Å². The first-order valence-corrected chi connectivity index (χ1v) is 5.42. The van der Waals surface area contributed by atoms with Gasteiger partial charge in [-0.3, -0.25) is 0 Å². The van der Waals surface area contributed by atoms with Crippen molar-refractivity contribution < 1.29 is 23.1 Å². The van der Waals surface area contributed by atoms with Gasteiger partial charge in [0.2, 0.25) is 0 Å². The highest BCUT2D eigenvalue weighted by molar-refractivity contribution is 7.99. The molecule has 1 rings (SSSR count). The fourth-order valence-corrected chi connectivity index (χ4v) is 1.98. The molecule has 88 valence electrons. The largest absolute Gasteiger partial charge is 0.478 e. The molecule has 0 saturated heterocycles. The van der Waals surface area contributed by atoms with Gasteiger partial charge in [0.15, 0.2) is 0 Å². The minimum absolute atomic E-state index is 0.0974. The van der Waals surface area contributed by atoms with Gasteiger partial charge in [0.1, 0.15) is 0 Å². The number of halogens is 3. The molecule has 0 amide bonds. The van der Waals surface area contributed by atoms with E-state index in [1.807, 2.05) is 0 Å². The van der Waals surface area contributed by atoms with E-state index in [1.54, 1.807) is 6.92 Å². The zero-order chi connectivity index (χ0) is 12.3. The monoisotopic (exact) mass is 250 g/mol. The van der Waals surface area contributed by atoms with Gasteiger partial charge in [-0.1, -0.05) is 6.92 Å². The van der Waals surface area contributed by atoms with Crippen molar-refractivity contribution >= 4 is 17.7 Å². The summed E-state index contributed by atoms with van der Waals surface area (Å²) >= 11 is 1.08. The molecule has 0 bridgehead atoms. The number of alkyl halides is 3. The van der Waals surface area contributed by atoms with Gasteiger partial charge in [-0.05, 0) is 24.0 Å². The molecule has 0 spiro atoms. The van der Waals surface area contributed by atoms with Crippen LogP contribution in [0, 0.1) is 0 Å². The van der Waals surface area contributed by atoms with E-state index in [-0.39, 0.29) is 10.5 Å². The highest BCUT2D eigenvalue weighted by atomic mass is 32.2. The van der Waals surface area contributed by atoms with Crippen molar-refractivity contribution in [3.05, 3.63) is 29.3 Å². The van der Waals surface area contributed by atoms with Crippen molar-refractivity contribution in [1.82, 2.24) is 0 Å². The van der Waals surface area contributed by atoms with Crippen molar-refractivity contribution in [3.63, 3.8) is 0 Å². The molecule has 0 aliphatic carbocycles. The van der Waals surface area contributed by atoms with Crippen LogP contribution in [-0.2, 0) is 6.18 Å². The van der Waals surface area contributed by atoms with Crippen LogP contribution in [0.5, 0.6) is 0 Å². The summed E-state index contributed by atoms with van der Waals surface area (Å²) in [5.74, 6) is -0.702. The van der Waals surface area contributed by atoms with E-state index < -0.39 is 17.7 Å². The van der Waals surface area contributed by atoms with Gasteiger partial charge in [0.25, 0.3) is 0 Å².